The largest absolute Gasteiger partial charge is 0.372 e. The minimum atomic E-state index is 0.203. The lowest BCUT2D eigenvalue weighted by molar-refractivity contribution is -0.00545. The Morgan fingerprint density at radius 2 is 1.61 bits per heavy atom. The number of nitrogens with zero attached hydrogens (tertiary/aromatic N) is 4. The minimum Gasteiger partial charge on any atom is -0.372 e. The number of rotatable bonds is 3. The molecular formula is C28H26N4O. The van der Waals surface area contributed by atoms with Crippen molar-refractivity contribution in [3.05, 3.63) is 84.0 Å². The maximum atomic E-state index is 7.17. The van der Waals surface area contributed by atoms with Gasteiger partial charge in [-0.15, -0.1) is 0 Å². The van der Waals surface area contributed by atoms with Crippen LogP contribution in [-0.2, 0) is 4.74 Å². The molecule has 1 saturated heterocycles. The number of pyridine rings is 2. The Hall–Kier alpha value is -3.75. The Morgan fingerprint density at radius 1 is 0.879 bits per heavy atom. The van der Waals surface area contributed by atoms with Crippen molar-refractivity contribution in [3.63, 3.8) is 0 Å². The molecule has 1 aliphatic rings. The second-order valence-electron chi connectivity index (χ2n) is 8.72. The maximum Gasteiger partial charge on any atom is 0.187 e. The summed E-state index contributed by atoms with van der Waals surface area (Å²) in [6, 6.07) is 18.2. The van der Waals surface area contributed by atoms with Crippen LogP contribution < -0.4 is 4.90 Å². The average molecular weight is 435 g/mol. The molecule has 0 saturated carbocycles. The van der Waals surface area contributed by atoms with Crippen LogP contribution >= 0.6 is 0 Å². The predicted octanol–water partition coefficient (Wildman–Crippen LogP) is 6.44. The smallest absolute Gasteiger partial charge is 0.187 e. The van der Waals surface area contributed by atoms with Crippen molar-refractivity contribution in [2.24, 2.45) is 0 Å². The average Bonchev–Trinajstić information content (AvgIpc) is 2.84. The van der Waals surface area contributed by atoms with E-state index in [1.165, 1.54) is 5.56 Å². The van der Waals surface area contributed by atoms with E-state index in [0.717, 1.165) is 52.1 Å². The topological polar surface area (TPSA) is 42.6 Å². The standard InChI is InChI=1S/C28H26N4O/c1-18-16-32(17-19(2)33-18)27-13-10-22(14-30-27)26-15-31-28-24(20(26)3)6-5-7-25(28)21-8-11-23(29-4)12-9-21/h5-15,18-19H,16-17H2,1-3H3/t18-,19+. The monoisotopic (exact) mass is 434 g/mol. The third kappa shape index (κ3) is 4.06. The van der Waals surface area contributed by atoms with Gasteiger partial charge in [0.2, 0.25) is 0 Å². The van der Waals surface area contributed by atoms with E-state index >= 15 is 0 Å². The molecule has 1 fully saturated rings. The SMILES string of the molecule is [C-]#[N+]c1ccc(-c2cccc3c(C)c(-c4ccc(N5C[C@@H](C)O[C@@H](C)C5)nc4)cnc23)cc1. The van der Waals surface area contributed by atoms with Crippen molar-refractivity contribution in [3.8, 4) is 22.3 Å². The zero-order valence-electron chi connectivity index (χ0n) is 19.1. The summed E-state index contributed by atoms with van der Waals surface area (Å²) in [7, 11) is 0. The highest BCUT2D eigenvalue weighted by Crippen LogP contribution is 2.34. The first-order valence-corrected chi connectivity index (χ1v) is 11.3. The van der Waals surface area contributed by atoms with E-state index in [1.54, 1.807) is 0 Å². The molecule has 4 aromatic rings. The number of aromatic nitrogens is 2. The highest BCUT2D eigenvalue weighted by Gasteiger charge is 2.23. The van der Waals surface area contributed by atoms with E-state index in [-0.39, 0.29) is 12.2 Å². The van der Waals surface area contributed by atoms with Crippen molar-refractivity contribution >= 4 is 22.4 Å². The summed E-state index contributed by atoms with van der Waals surface area (Å²) < 4.78 is 5.85. The molecule has 0 bridgehead atoms. The number of para-hydroxylation sites is 1. The molecule has 0 amide bonds. The lowest BCUT2D eigenvalue weighted by Crippen LogP contribution is -2.45. The van der Waals surface area contributed by atoms with Gasteiger partial charge in [-0.2, -0.15) is 0 Å². The van der Waals surface area contributed by atoms with Gasteiger partial charge in [-0.05, 0) is 44.0 Å². The van der Waals surface area contributed by atoms with Crippen molar-refractivity contribution in [1.82, 2.24) is 9.97 Å². The van der Waals surface area contributed by atoms with E-state index in [2.05, 4.69) is 60.8 Å². The summed E-state index contributed by atoms with van der Waals surface area (Å²) in [5.74, 6) is 0.984. The van der Waals surface area contributed by atoms with Gasteiger partial charge in [0.05, 0.1) is 24.3 Å². The number of benzene rings is 2. The van der Waals surface area contributed by atoms with Crippen LogP contribution in [0.4, 0.5) is 11.5 Å². The van der Waals surface area contributed by atoms with E-state index < -0.39 is 0 Å². The van der Waals surface area contributed by atoms with Crippen LogP contribution in [0.25, 0.3) is 38.0 Å². The lowest BCUT2D eigenvalue weighted by Gasteiger charge is -2.36. The first-order chi connectivity index (χ1) is 16.0. The number of hydrogen-bond donors (Lipinski definition) is 0. The first-order valence-electron chi connectivity index (χ1n) is 11.3. The summed E-state index contributed by atoms with van der Waals surface area (Å²) in [6.07, 6.45) is 4.30. The molecule has 5 nitrogen and oxygen atoms in total. The zero-order valence-corrected chi connectivity index (χ0v) is 19.1. The van der Waals surface area contributed by atoms with Crippen LogP contribution in [0.15, 0.2) is 67.0 Å². The van der Waals surface area contributed by atoms with Crippen LogP contribution in [0.1, 0.15) is 19.4 Å². The van der Waals surface area contributed by atoms with E-state index in [1.807, 2.05) is 36.7 Å². The van der Waals surface area contributed by atoms with Gasteiger partial charge in [0.1, 0.15) is 5.82 Å². The number of ether oxygens (including phenoxy) is 1. The highest BCUT2D eigenvalue weighted by atomic mass is 16.5. The van der Waals surface area contributed by atoms with Gasteiger partial charge in [-0.1, -0.05) is 42.5 Å². The molecule has 2 aromatic carbocycles. The minimum absolute atomic E-state index is 0.203. The van der Waals surface area contributed by atoms with Crippen LogP contribution in [0.5, 0.6) is 0 Å². The number of hydrogen-bond acceptors (Lipinski definition) is 4. The third-order valence-electron chi connectivity index (χ3n) is 6.28. The summed E-state index contributed by atoms with van der Waals surface area (Å²) in [6.45, 7) is 15.2. The Morgan fingerprint density at radius 3 is 2.27 bits per heavy atom. The number of anilines is 1. The molecule has 0 unspecified atom stereocenters. The van der Waals surface area contributed by atoms with Gasteiger partial charge in [-0.3, -0.25) is 4.98 Å². The van der Waals surface area contributed by atoms with Crippen LogP contribution in [0.3, 0.4) is 0 Å². The van der Waals surface area contributed by atoms with Crippen molar-refractivity contribution in [2.75, 3.05) is 18.0 Å². The van der Waals surface area contributed by atoms with Crippen LogP contribution in [0, 0.1) is 13.5 Å². The van der Waals surface area contributed by atoms with Gasteiger partial charge >= 0.3 is 0 Å². The molecule has 33 heavy (non-hydrogen) atoms. The molecule has 5 heteroatoms. The van der Waals surface area contributed by atoms with Crippen LogP contribution in [0.2, 0.25) is 0 Å². The Balaban J connectivity index is 1.49. The quantitative estimate of drug-likeness (QED) is 0.348. The molecule has 5 rings (SSSR count). The molecule has 2 atom stereocenters. The second-order valence-corrected chi connectivity index (χ2v) is 8.72. The van der Waals surface area contributed by atoms with Gasteiger partial charge < -0.3 is 9.64 Å². The normalized spacial score (nSPS) is 18.3. The molecule has 0 radical (unpaired) electrons. The molecule has 0 aliphatic carbocycles. The van der Waals surface area contributed by atoms with Gasteiger partial charge in [0.15, 0.2) is 5.69 Å². The molecular weight excluding hydrogens is 408 g/mol. The molecule has 1 aliphatic heterocycles. The molecule has 164 valence electrons. The lowest BCUT2D eigenvalue weighted by atomic mass is 9.96. The fraction of sp³-hybridized carbons (Fsp3) is 0.250. The van der Waals surface area contributed by atoms with Crippen LogP contribution in [-0.4, -0.2) is 35.3 Å². The van der Waals surface area contributed by atoms with Crippen molar-refractivity contribution in [2.45, 2.75) is 33.0 Å². The Bertz CT molecular complexity index is 1330. The van der Waals surface area contributed by atoms with E-state index in [9.17, 15) is 0 Å². The fourth-order valence-corrected chi connectivity index (χ4v) is 4.69. The Kier molecular flexibility index (Phi) is 5.53. The van der Waals surface area contributed by atoms with E-state index in [0.29, 0.717) is 5.69 Å². The summed E-state index contributed by atoms with van der Waals surface area (Å²) in [4.78, 5) is 15.4. The van der Waals surface area contributed by atoms with Gasteiger partial charge in [0.25, 0.3) is 0 Å². The summed E-state index contributed by atoms with van der Waals surface area (Å²) in [5.41, 5.74) is 7.08. The second kappa shape index (κ2) is 8.65. The molecule has 0 spiro atoms. The first kappa shape index (κ1) is 21.1. The fourth-order valence-electron chi connectivity index (χ4n) is 4.69. The summed E-state index contributed by atoms with van der Waals surface area (Å²) >= 11 is 0. The zero-order chi connectivity index (χ0) is 22.9. The third-order valence-corrected chi connectivity index (χ3v) is 6.28. The summed E-state index contributed by atoms with van der Waals surface area (Å²) in [5, 5.41) is 1.12. The Labute approximate surface area is 194 Å². The molecule has 3 heterocycles. The number of fused-ring (bicyclic) bond motifs is 1. The van der Waals surface area contributed by atoms with Crippen molar-refractivity contribution in [1.29, 1.82) is 0 Å². The van der Waals surface area contributed by atoms with Crippen molar-refractivity contribution < 1.29 is 4.74 Å². The van der Waals surface area contributed by atoms with E-state index in [4.69, 9.17) is 21.3 Å². The number of aryl methyl sites for hydroxylation is 1. The molecule has 0 N–H and O–H groups in total. The molecule has 2 aromatic heterocycles. The predicted molar refractivity (Wildman–Crippen MR) is 134 cm³/mol. The maximum absolute atomic E-state index is 7.17. The highest BCUT2D eigenvalue weighted by molar-refractivity contribution is 5.98. The van der Waals surface area contributed by atoms with Gasteiger partial charge in [0, 0.05) is 47.6 Å². The number of morpholine rings is 1. The van der Waals surface area contributed by atoms with Gasteiger partial charge in [-0.25, -0.2) is 9.83 Å².